The summed E-state index contributed by atoms with van der Waals surface area (Å²) < 4.78 is 30.4. The molecule has 0 amide bonds. The van der Waals surface area contributed by atoms with Crippen LogP contribution < -0.4 is 0 Å². The zero-order chi connectivity index (χ0) is 19.9. The van der Waals surface area contributed by atoms with Crippen LogP contribution in [0.2, 0.25) is 0 Å². The van der Waals surface area contributed by atoms with Gasteiger partial charge in [-0.25, -0.2) is 0 Å². The number of carbonyl (C=O) groups is 5. The molecule has 0 bridgehead atoms. The molecule has 1 heterocycles. The molecule has 1 aliphatic heterocycles. The van der Waals surface area contributed by atoms with Crippen molar-refractivity contribution in [3.05, 3.63) is 0 Å². The van der Waals surface area contributed by atoms with E-state index < -0.39 is 61.2 Å². The Labute approximate surface area is 148 Å². The van der Waals surface area contributed by atoms with Crippen molar-refractivity contribution in [1.29, 1.82) is 0 Å². The quantitative estimate of drug-likeness (QED) is 0.314. The zero-order valence-corrected chi connectivity index (χ0v) is 14.7. The number of hydrogen-bond donors (Lipinski definition) is 0. The lowest BCUT2D eigenvalue weighted by Gasteiger charge is -2.43. The summed E-state index contributed by atoms with van der Waals surface area (Å²) in [5, 5.41) is 0. The average molecular weight is 376 g/mol. The predicted molar refractivity (Wildman–Crippen MR) is 79.1 cm³/mol. The first-order valence-electron chi connectivity index (χ1n) is 7.55. The van der Waals surface area contributed by atoms with Crippen molar-refractivity contribution < 1.29 is 52.4 Å². The SMILES string of the molecule is CC(=O)O[C@H]1O[C@H](COC=O)[C@@H](OC(C)=O)[C@H](OC(C)=O)[C@@H]1OC(C)=O. The van der Waals surface area contributed by atoms with Crippen LogP contribution in [-0.4, -0.2) is 67.7 Å². The Morgan fingerprint density at radius 1 is 0.769 bits per heavy atom. The van der Waals surface area contributed by atoms with Gasteiger partial charge < -0.3 is 28.4 Å². The molecule has 0 aromatic rings. The van der Waals surface area contributed by atoms with Gasteiger partial charge in [0, 0.05) is 27.7 Å². The summed E-state index contributed by atoms with van der Waals surface area (Å²) in [4.78, 5) is 56.1. The molecular weight excluding hydrogens is 356 g/mol. The largest absolute Gasteiger partial charge is 0.465 e. The molecule has 5 atom stereocenters. The van der Waals surface area contributed by atoms with Crippen LogP contribution in [0.1, 0.15) is 27.7 Å². The van der Waals surface area contributed by atoms with Gasteiger partial charge in [0.25, 0.3) is 6.47 Å². The highest BCUT2D eigenvalue weighted by Crippen LogP contribution is 2.29. The molecule has 1 rings (SSSR count). The van der Waals surface area contributed by atoms with Crippen LogP contribution in [0.4, 0.5) is 0 Å². The number of rotatable bonds is 7. The van der Waals surface area contributed by atoms with E-state index >= 15 is 0 Å². The average Bonchev–Trinajstić information content (AvgIpc) is 2.49. The lowest BCUT2D eigenvalue weighted by molar-refractivity contribution is -0.299. The molecule has 0 radical (unpaired) electrons. The van der Waals surface area contributed by atoms with Crippen molar-refractivity contribution in [2.45, 2.75) is 58.4 Å². The second-order valence-corrected chi connectivity index (χ2v) is 5.30. The third kappa shape index (κ3) is 6.31. The maximum absolute atomic E-state index is 11.5. The molecule has 1 fully saturated rings. The minimum atomic E-state index is -1.48. The van der Waals surface area contributed by atoms with E-state index in [0.717, 1.165) is 27.7 Å². The first kappa shape index (κ1) is 21.4. The van der Waals surface area contributed by atoms with Gasteiger partial charge in [-0.3, -0.25) is 24.0 Å². The Morgan fingerprint density at radius 2 is 1.23 bits per heavy atom. The molecule has 1 aliphatic rings. The molecule has 146 valence electrons. The van der Waals surface area contributed by atoms with Gasteiger partial charge in [-0.05, 0) is 0 Å². The van der Waals surface area contributed by atoms with Gasteiger partial charge in [-0.1, -0.05) is 0 Å². The summed E-state index contributed by atoms with van der Waals surface area (Å²) >= 11 is 0. The predicted octanol–water partition coefficient (Wildman–Crippen LogP) is -0.757. The third-order valence-corrected chi connectivity index (χ3v) is 3.11. The van der Waals surface area contributed by atoms with E-state index in [4.69, 9.17) is 23.7 Å². The van der Waals surface area contributed by atoms with Gasteiger partial charge in [-0.2, -0.15) is 0 Å². The highest BCUT2D eigenvalue weighted by molar-refractivity contribution is 5.69. The van der Waals surface area contributed by atoms with Crippen molar-refractivity contribution in [2.75, 3.05) is 6.61 Å². The maximum Gasteiger partial charge on any atom is 0.305 e. The molecule has 0 aromatic carbocycles. The molecule has 0 spiro atoms. The summed E-state index contributed by atoms with van der Waals surface area (Å²) in [5.41, 5.74) is 0. The van der Waals surface area contributed by atoms with Crippen molar-refractivity contribution >= 4 is 30.3 Å². The Morgan fingerprint density at radius 3 is 1.69 bits per heavy atom. The van der Waals surface area contributed by atoms with Crippen molar-refractivity contribution in [3.63, 3.8) is 0 Å². The number of carbonyl (C=O) groups excluding carboxylic acids is 5. The van der Waals surface area contributed by atoms with Crippen molar-refractivity contribution in [3.8, 4) is 0 Å². The Bertz CT molecular complexity index is 558. The fourth-order valence-corrected chi connectivity index (χ4v) is 2.38. The lowest BCUT2D eigenvalue weighted by atomic mass is 9.98. The van der Waals surface area contributed by atoms with Crippen LogP contribution >= 0.6 is 0 Å². The molecule has 0 unspecified atom stereocenters. The summed E-state index contributed by atoms with van der Waals surface area (Å²) in [7, 11) is 0. The molecule has 0 N–H and O–H groups in total. The number of hydrogen-bond acceptors (Lipinski definition) is 11. The Hall–Kier alpha value is -2.69. The molecule has 11 nitrogen and oxygen atoms in total. The topological polar surface area (TPSA) is 141 Å². The van der Waals surface area contributed by atoms with E-state index in [1.54, 1.807) is 0 Å². The van der Waals surface area contributed by atoms with Gasteiger partial charge in [0.15, 0.2) is 12.2 Å². The van der Waals surface area contributed by atoms with Crippen molar-refractivity contribution in [2.24, 2.45) is 0 Å². The minimum absolute atomic E-state index is 0.133. The fraction of sp³-hybridized carbons (Fsp3) is 0.667. The maximum atomic E-state index is 11.5. The number of esters is 4. The summed E-state index contributed by atoms with van der Waals surface area (Å²) in [6, 6.07) is 0. The van der Waals surface area contributed by atoms with Crippen LogP contribution in [0.15, 0.2) is 0 Å². The second kappa shape index (κ2) is 9.70. The summed E-state index contributed by atoms with van der Waals surface area (Å²) in [5.74, 6) is -3.08. The van der Waals surface area contributed by atoms with Crippen LogP contribution in [0.3, 0.4) is 0 Å². The van der Waals surface area contributed by atoms with Gasteiger partial charge in [0.1, 0.15) is 12.7 Å². The number of ether oxygens (including phenoxy) is 6. The first-order valence-corrected chi connectivity index (χ1v) is 7.55. The smallest absolute Gasteiger partial charge is 0.305 e. The third-order valence-electron chi connectivity index (χ3n) is 3.11. The first-order chi connectivity index (χ1) is 12.1. The second-order valence-electron chi connectivity index (χ2n) is 5.30. The van der Waals surface area contributed by atoms with Gasteiger partial charge in [-0.15, -0.1) is 0 Å². The normalized spacial score (nSPS) is 27.6. The van der Waals surface area contributed by atoms with E-state index in [1.807, 2.05) is 0 Å². The molecule has 26 heavy (non-hydrogen) atoms. The van der Waals surface area contributed by atoms with Crippen LogP contribution in [-0.2, 0) is 52.4 Å². The fourth-order valence-electron chi connectivity index (χ4n) is 2.38. The molecule has 0 saturated carbocycles. The summed E-state index contributed by atoms with van der Waals surface area (Å²) in [6.45, 7) is 4.09. The Balaban J connectivity index is 3.27. The lowest BCUT2D eigenvalue weighted by Crippen LogP contribution is -2.63. The van der Waals surface area contributed by atoms with E-state index in [2.05, 4.69) is 4.74 Å². The van der Waals surface area contributed by atoms with Gasteiger partial charge in [0.2, 0.25) is 12.4 Å². The van der Waals surface area contributed by atoms with E-state index in [9.17, 15) is 24.0 Å². The van der Waals surface area contributed by atoms with Crippen LogP contribution in [0.25, 0.3) is 0 Å². The van der Waals surface area contributed by atoms with Crippen LogP contribution in [0.5, 0.6) is 0 Å². The molecule has 11 heteroatoms. The highest BCUT2D eigenvalue weighted by atomic mass is 16.7. The van der Waals surface area contributed by atoms with E-state index in [1.165, 1.54) is 0 Å². The summed E-state index contributed by atoms with van der Waals surface area (Å²) in [6.07, 6.45) is -6.68. The molecule has 0 aliphatic carbocycles. The highest BCUT2D eigenvalue weighted by Gasteiger charge is 2.53. The molecule has 0 aromatic heterocycles. The van der Waals surface area contributed by atoms with E-state index in [-0.39, 0.29) is 6.47 Å². The molecular formula is C15H20O11. The Kier molecular flexibility index (Phi) is 7.97. The van der Waals surface area contributed by atoms with E-state index in [0.29, 0.717) is 0 Å². The zero-order valence-electron chi connectivity index (χ0n) is 14.7. The monoisotopic (exact) mass is 376 g/mol. The standard InChI is InChI=1S/C15H20O11/c1-7(17)22-12-11(5-21-6-16)26-15(25-10(4)20)14(24-9(3)19)13(12)23-8(2)18/h6,11-15H,5H2,1-4H3/t11-,12-,13+,14+,15+/m1/s1. The van der Waals surface area contributed by atoms with Gasteiger partial charge >= 0.3 is 23.9 Å². The molecule has 1 saturated heterocycles. The van der Waals surface area contributed by atoms with Crippen molar-refractivity contribution in [1.82, 2.24) is 0 Å². The van der Waals surface area contributed by atoms with Crippen LogP contribution in [0, 0.1) is 0 Å². The minimum Gasteiger partial charge on any atom is -0.465 e. The van der Waals surface area contributed by atoms with Gasteiger partial charge in [0.05, 0.1) is 0 Å².